The van der Waals surface area contributed by atoms with Crippen molar-refractivity contribution in [1.29, 1.82) is 0 Å². The van der Waals surface area contributed by atoms with Gasteiger partial charge >= 0.3 is 0 Å². The molecule has 0 saturated heterocycles. The van der Waals surface area contributed by atoms with Crippen molar-refractivity contribution in [1.82, 2.24) is 15.1 Å². The summed E-state index contributed by atoms with van der Waals surface area (Å²) in [6, 6.07) is 7.43. The Bertz CT molecular complexity index is 557. The van der Waals surface area contributed by atoms with E-state index < -0.39 is 0 Å². The zero-order chi connectivity index (χ0) is 14.4. The number of aromatic nitrogens is 2. The third-order valence-electron chi connectivity index (χ3n) is 2.83. The fourth-order valence-electron chi connectivity index (χ4n) is 1.82. The van der Waals surface area contributed by atoms with Gasteiger partial charge in [0.25, 0.3) is 0 Å². The molecule has 0 amide bonds. The number of nitrogens with zero attached hydrogens (tertiary/aromatic N) is 2. The minimum absolute atomic E-state index is 0.609. The van der Waals surface area contributed by atoms with E-state index >= 15 is 0 Å². The molecule has 6 heteroatoms. The van der Waals surface area contributed by atoms with E-state index in [1.165, 1.54) is 0 Å². The van der Waals surface area contributed by atoms with E-state index in [2.05, 4.69) is 10.4 Å². The van der Waals surface area contributed by atoms with Gasteiger partial charge in [-0.25, -0.2) is 0 Å². The highest BCUT2D eigenvalue weighted by Gasteiger charge is 2.04. The summed E-state index contributed by atoms with van der Waals surface area (Å²) in [4.78, 5) is 0. The van der Waals surface area contributed by atoms with Crippen LogP contribution in [0.2, 0.25) is 10.0 Å². The van der Waals surface area contributed by atoms with Gasteiger partial charge in [0.05, 0.1) is 18.8 Å². The van der Waals surface area contributed by atoms with E-state index in [-0.39, 0.29) is 0 Å². The van der Waals surface area contributed by atoms with Crippen molar-refractivity contribution < 1.29 is 4.74 Å². The maximum atomic E-state index is 6.15. The molecule has 4 nitrogen and oxygen atoms in total. The molecule has 1 N–H and O–H groups in total. The third kappa shape index (κ3) is 4.49. The highest BCUT2D eigenvalue weighted by Crippen LogP contribution is 2.21. The molecule has 0 aliphatic heterocycles. The van der Waals surface area contributed by atoms with Crippen LogP contribution < -0.4 is 5.32 Å². The first-order valence-electron chi connectivity index (χ1n) is 6.35. The topological polar surface area (TPSA) is 39.1 Å². The van der Waals surface area contributed by atoms with Gasteiger partial charge < -0.3 is 10.1 Å². The van der Waals surface area contributed by atoms with Gasteiger partial charge in [-0.3, -0.25) is 4.68 Å². The summed E-state index contributed by atoms with van der Waals surface area (Å²) in [5.74, 6) is 0. The fraction of sp³-hybridized carbons (Fsp3) is 0.357. The van der Waals surface area contributed by atoms with Crippen molar-refractivity contribution in [3.05, 3.63) is 51.8 Å². The zero-order valence-electron chi connectivity index (χ0n) is 11.3. The van der Waals surface area contributed by atoms with Crippen LogP contribution in [0, 0.1) is 0 Å². The van der Waals surface area contributed by atoms with E-state index in [0.717, 1.165) is 24.3 Å². The SMILES string of the molecule is COCCNCc1ccn(Cc2cc(Cl)ccc2Cl)n1. The molecule has 0 spiro atoms. The number of ether oxygens (including phenoxy) is 1. The van der Waals surface area contributed by atoms with Gasteiger partial charge in [0.2, 0.25) is 0 Å². The quantitative estimate of drug-likeness (QED) is 0.799. The first-order chi connectivity index (χ1) is 9.69. The number of methoxy groups -OCH3 is 1. The lowest BCUT2D eigenvalue weighted by Crippen LogP contribution is -2.19. The number of rotatable bonds is 7. The molecule has 1 aromatic heterocycles. The van der Waals surface area contributed by atoms with E-state index in [1.54, 1.807) is 19.2 Å². The van der Waals surface area contributed by atoms with Crippen LogP contribution >= 0.6 is 23.2 Å². The summed E-state index contributed by atoms with van der Waals surface area (Å²) >= 11 is 12.1. The molecule has 1 aromatic carbocycles. The first-order valence-corrected chi connectivity index (χ1v) is 7.10. The van der Waals surface area contributed by atoms with Crippen LogP contribution in [-0.4, -0.2) is 30.0 Å². The predicted molar refractivity (Wildman–Crippen MR) is 81.4 cm³/mol. The van der Waals surface area contributed by atoms with Crippen LogP contribution in [0.5, 0.6) is 0 Å². The summed E-state index contributed by atoms with van der Waals surface area (Å²) in [5, 5.41) is 9.12. The summed E-state index contributed by atoms with van der Waals surface area (Å²) in [6.07, 6.45) is 1.94. The Labute approximate surface area is 128 Å². The van der Waals surface area contributed by atoms with E-state index in [4.69, 9.17) is 27.9 Å². The Morgan fingerprint density at radius 3 is 2.95 bits per heavy atom. The Morgan fingerprint density at radius 1 is 1.30 bits per heavy atom. The minimum atomic E-state index is 0.609. The fourth-order valence-corrected chi connectivity index (χ4v) is 2.19. The molecule has 0 fully saturated rings. The van der Waals surface area contributed by atoms with Gasteiger partial charge in [0, 0.05) is 36.4 Å². The molecule has 0 aliphatic rings. The molecule has 0 radical (unpaired) electrons. The second-order valence-electron chi connectivity index (χ2n) is 4.41. The minimum Gasteiger partial charge on any atom is -0.383 e. The molecule has 2 rings (SSSR count). The highest BCUT2D eigenvalue weighted by atomic mass is 35.5. The van der Waals surface area contributed by atoms with Crippen LogP contribution in [0.3, 0.4) is 0 Å². The molecule has 1 heterocycles. The maximum absolute atomic E-state index is 6.15. The lowest BCUT2D eigenvalue weighted by Gasteiger charge is -2.05. The Kier molecular flexibility index (Phi) is 5.86. The van der Waals surface area contributed by atoms with Crippen molar-refractivity contribution in [2.45, 2.75) is 13.1 Å². The standard InChI is InChI=1S/C14H17Cl2N3O/c1-20-7-5-17-9-13-4-6-19(18-13)10-11-8-12(15)2-3-14(11)16/h2-4,6,8,17H,5,7,9-10H2,1H3. The van der Waals surface area contributed by atoms with Crippen LogP contribution in [0.15, 0.2) is 30.5 Å². The highest BCUT2D eigenvalue weighted by molar-refractivity contribution is 6.33. The average Bonchev–Trinajstić information content (AvgIpc) is 2.87. The molecule has 2 aromatic rings. The van der Waals surface area contributed by atoms with Crippen molar-refractivity contribution in [2.75, 3.05) is 20.3 Å². The molecule has 108 valence electrons. The molecule has 0 bridgehead atoms. The van der Waals surface area contributed by atoms with Crippen molar-refractivity contribution in [3.8, 4) is 0 Å². The summed E-state index contributed by atoms with van der Waals surface area (Å²) in [6.45, 7) is 2.83. The third-order valence-corrected chi connectivity index (χ3v) is 3.43. The molecule has 0 aliphatic carbocycles. The summed E-state index contributed by atoms with van der Waals surface area (Å²) in [7, 11) is 1.69. The van der Waals surface area contributed by atoms with Crippen LogP contribution in [0.4, 0.5) is 0 Å². The summed E-state index contributed by atoms with van der Waals surface area (Å²) < 4.78 is 6.83. The normalized spacial score (nSPS) is 10.9. The van der Waals surface area contributed by atoms with Crippen molar-refractivity contribution in [2.24, 2.45) is 0 Å². The number of hydrogen-bond donors (Lipinski definition) is 1. The molecular formula is C14H17Cl2N3O. The maximum Gasteiger partial charge on any atom is 0.0762 e. The lowest BCUT2D eigenvalue weighted by molar-refractivity contribution is 0.199. The zero-order valence-corrected chi connectivity index (χ0v) is 12.8. The lowest BCUT2D eigenvalue weighted by atomic mass is 10.2. The molecule has 20 heavy (non-hydrogen) atoms. The van der Waals surface area contributed by atoms with Crippen LogP contribution in [0.1, 0.15) is 11.3 Å². The second-order valence-corrected chi connectivity index (χ2v) is 5.25. The summed E-state index contributed by atoms with van der Waals surface area (Å²) in [5.41, 5.74) is 1.94. The number of nitrogens with one attached hydrogen (secondary N) is 1. The van der Waals surface area contributed by atoms with E-state index in [1.807, 2.05) is 23.0 Å². The largest absolute Gasteiger partial charge is 0.383 e. The first kappa shape index (κ1) is 15.3. The Hall–Kier alpha value is -1.07. The van der Waals surface area contributed by atoms with Gasteiger partial charge in [-0.15, -0.1) is 0 Å². The number of hydrogen-bond acceptors (Lipinski definition) is 3. The van der Waals surface area contributed by atoms with Crippen molar-refractivity contribution >= 4 is 23.2 Å². The smallest absolute Gasteiger partial charge is 0.0762 e. The van der Waals surface area contributed by atoms with Gasteiger partial charge in [-0.2, -0.15) is 5.10 Å². The van der Waals surface area contributed by atoms with Crippen LogP contribution in [0.25, 0.3) is 0 Å². The predicted octanol–water partition coefficient (Wildman–Crippen LogP) is 2.97. The van der Waals surface area contributed by atoms with Gasteiger partial charge in [0.15, 0.2) is 0 Å². The van der Waals surface area contributed by atoms with E-state index in [0.29, 0.717) is 23.2 Å². The Balaban J connectivity index is 1.93. The van der Waals surface area contributed by atoms with Crippen LogP contribution in [-0.2, 0) is 17.8 Å². The van der Waals surface area contributed by atoms with Gasteiger partial charge in [0.1, 0.15) is 0 Å². The average molecular weight is 314 g/mol. The number of benzene rings is 1. The molecule has 0 saturated carbocycles. The monoisotopic (exact) mass is 313 g/mol. The molecule has 0 unspecified atom stereocenters. The van der Waals surface area contributed by atoms with Gasteiger partial charge in [-0.1, -0.05) is 23.2 Å². The Morgan fingerprint density at radius 2 is 2.15 bits per heavy atom. The van der Waals surface area contributed by atoms with Gasteiger partial charge in [-0.05, 0) is 29.8 Å². The van der Waals surface area contributed by atoms with Crippen molar-refractivity contribution in [3.63, 3.8) is 0 Å². The van der Waals surface area contributed by atoms with E-state index in [9.17, 15) is 0 Å². The molecular weight excluding hydrogens is 297 g/mol. The second kappa shape index (κ2) is 7.64. The number of halogens is 2. The molecule has 0 atom stereocenters.